The van der Waals surface area contributed by atoms with Gasteiger partial charge in [-0.2, -0.15) is 0 Å². The van der Waals surface area contributed by atoms with Gasteiger partial charge in [0.25, 0.3) is 0 Å². The Kier molecular flexibility index (Phi) is 4.91. The van der Waals surface area contributed by atoms with Crippen LogP contribution in [-0.2, 0) is 20.6 Å². The normalized spacial score (nSPS) is 13.1. The molecule has 0 aliphatic heterocycles. The summed E-state index contributed by atoms with van der Waals surface area (Å²) in [5, 5.41) is 2.99. The molecule has 0 saturated heterocycles. The molecule has 1 atom stereocenters. The SMILES string of the molecule is COC(=O)C(NCc1ccccc1)P(C)(C)=O. The zero-order valence-electron chi connectivity index (χ0n) is 10.3. The number of hydrogen-bond acceptors (Lipinski definition) is 4. The molecule has 0 heterocycles. The van der Waals surface area contributed by atoms with E-state index in [2.05, 4.69) is 10.1 Å². The van der Waals surface area contributed by atoms with E-state index < -0.39 is 18.9 Å². The Balaban J connectivity index is 2.69. The predicted octanol–water partition coefficient (Wildman–Crippen LogP) is 1.90. The molecule has 1 rings (SSSR count). The summed E-state index contributed by atoms with van der Waals surface area (Å²) in [7, 11) is -1.27. The van der Waals surface area contributed by atoms with Gasteiger partial charge < -0.3 is 9.30 Å². The van der Waals surface area contributed by atoms with Gasteiger partial charge in [-0.3, -0.25) is 5.32 Å². The fourth-order valence-electron chi connectivity index (χ4n) is 1.48. The van der Waals surface area contributed by atoms with E-state index in [1.165, 1.54) is 7.11 Å². The second-order valence-corrected chi connectivity index (χ2v) is 7.61. The molecule has 0 spiro atoms. The van der Waals surface area contributed by atoms with Crippen molar-refractivity contribution in [3.63, 3.8) is 0 Å². The molecular weight excluding hydrogens is 237 g/mol. The number of carbonyl (C=O) groups excluding carboxylic acids is 1. The first kappa shape index (κ1) is 13.9. The molecule has 1 unspecified atom stereocenters. The van der Waals surface area contributed by atoms with Crippen LogP contribution < -0.4 is 5.32 Å². The van der Waals surface area contributed by atoms with E-state index in [1.807, 2.05) is 30.3 Å². The van der Waals surface area contributed by atoms with Crippen molar-refractivity contribution in [2.45, 2.75) is 12.3 Å². The van der Waals surface area contributed by atoms with Crippen molar-refractivity contribution in [2.24, 2.45) is 0 Å². The summed E-state index contributed by atoms with van der Waals surface area (Å²) in [5.41, 5.74) is 1.04. The van der Waals surface area contributed by atoms with Crippen molar-refractivity contribution < 1.29 is 14.1 Å². The highest BCUT2D eigenvalue weighted by molar-refractivity contribution is 7.64. The van der Waals surface area contributed by atoms with Crippen molar-refractivity contribution >= 4 is 13.1 Å². The number of carbonyl (C=O) groups is 1. The number of methoxy groups -OCH3 is 1. The smallest absolute Gasteiger partial charge is 0.330 e. The molecule has 0 amide bonds. The lowest BCUT2D eigenvalue weighted by Crippen LogP contribution is -2.36. The lowest BCUT2D eigenvalue weighted by atomic mass is 10.2. The maximum atomic E-state index is 12.0. The fourth-order valence-corrected chi connectivity index (χ4v) is 2.62. The number of ether oxygens (including phenoxy) is 1. The fraction of sp³-hybridized carbons (Fsp3) is 0.417. The summed E-state index contributed by atoms with van der Waals surface area (Å²) >= 11 is 0. The summed E-state index contributed by atoms with van der Waals surface area (Å²) in [6, 6.07) is 9.64. The molecule has 1 N–H and O–H groups in total. The minimum absolute atomic E-state index is 0.478. The van der Waals surface area contributed by atoms with Crippen LogP contribution in [0.2, 0.25) is 0 Å². The maximum absolute atomic E-state index is 12.0. The highest BCUT2D eigenvalue weighted by Crippen LogP contribution is 2.41. The largest absolute Gasteiger partial charge is 0.467 e. The molecule has 4 nitrogen and oxygen atoms in total. The van der Waals surface area contributed by atoms with Gasteiger partial charge in [-0.15, -0.1) is 0 Å². The molecule has 0 aromatic heterocycles. The third-order valence-electron chi connectivity index (χ3n) is 2.39. The predicted molar refractivity (Wildman–Crippen MR) is 68.5 cm³/mol. The monoisotopic (exact) mass is 255 g/mol. The van der Waals surface area contributed by atoms with E-state index in [0.29, 0.717) is 6.54 Å². The van der Waals surface area contributed by atoms with Crippen LogP contribution in [0, 0.1) is 0 Å². The summed E-state index contributed by atoms with van der Waals surface area (Å²) in [5.74, 6) is -1.22. The summed E-state index contributed by atoms with van der Waals surface area (Å²) in [6.07, 6.45) is 0. The Morgan fingerprint density at radius 2 is 1.94 bits per heavy atom. The minimum Gasteiger partial charge on any atom is -0.467 e. The first-order valence-corrected chi connectivity index (χ1v) is 8.02. The van der Waals surface area contributed by atoms with E-state index >= 15 is 0 Å². The van der Waals surface area contributed by atoms with Crippen LogP contribution in [0.1, 0.15) is 5.56 Å². The third-order valence-corrected chi connectivity index (χ3v) is 4.03. The van der Waals surface area contributed by atoms with Gasteiger partial charge in [0.05, 0.1) is 7.11 Å². The maximum Gasteiger partial charge on any atom is 0.330 e. The van der Waals surface area contributed by atoms with Crippen LogP contribution in [0.3, 0.4) is 0 Å². The molecule has 0 radical (unpaired) electrons. The Morgan fingerprint density at radius 3 is 2.41 bits per heavy atom. The highest BCUT2D eigenvalue weighted by Gasteiger charge is 2.30. The molecule has 0 bridgehead atoms. The van der Waals surface area contributed by atoms with Crippen molar-refractivity contribution in [1.82, 2.24) is 5.32 Å². The Morgan fingerprint density at radius 1 is 1.35 bits per heavy atom. The Labute approximate surface area is 102 Å². The van der Waals surface area contributed by atoms with Crippen molar-refractivity contribution in [3.05, 3.63) is 35.9 Å². The number of nitrogens with one attached hydrogen (secondary N) is 1. The molecule has 0 aliphatic rings. The van der Waals surface area contributed by atoms with E-state index in [1.54, 1.807) is 13.3 Å². The highest BCUT2D eigenvalue weighted by atomic mass is 31.2. The van der Waals surface area contributed by atoms with Crippen molar-refractivity contribution in [3.8, 4) is 0 Å². The van der Waals surface area contributed by atoms with E-state index in [4.69, 9.17) is 0 Å². The quantitative estimate of drug-likeness (QED) is 0.645. The molecule has 0 aliphatic carbocycles. The summed E-state index contributed by atoms with van der Waals surface area (Å²) in [4.78, 5) is 11.5. The molecule has 0 saturated carbocycles. The van der Waals surface area contributed by atoms with E-state index in [0.717, 1.165) is 5.56 Å². The molecular formula is C12H18NO3P. The van der Waals surface area contributed by atoms with E-state index in [9.17, 15) is 9.36 Å². The average Bonchev–Trinajstić information content (AvgIpc) is 2.28. The van der Waals surface area contributed by atoms with Crippen LogP contribution >= 0.6 is 7.14 Å². The first-order valence-electron chi connectivity index (χ1n) is 5.35. The standard InChI is InChI=1S/C12H18NO3P/c1-16-12(14)11(17(2,3)15)13-9-10-7-5-4-6-8-10/h4-8,11,13H,9H2,1-3H3. The summed E-state index contributed by atoms with van der Waals surface area (Å²) < 4.78 is 16.6. The van der Waals surface area contributed by atoms with Gasteiger partial charge >= 0.3 is 5.97 Å². The van der Waals surface area contributed by atoms with Crippen molar-refractivity contribution in [2.75, 3.05) is 20.4 Å². The minimum atomic E-state index is -2.57. The van der Waals surface area contributed by atoms with Gasteiger partial charge in [-0.1, -0.05) is 30.3 Å². The van der Waals surface area contributed by atoms with Gasteiger partial charge in [-0.05, 0) is 18.9 Å². The zero-order valence-corrected chi connectivity index (χ0v) is 11.2. The second-order valence-electron chi connectivity index (χ2n) is 4.23. The van der Waals surface area contributed by atoms with Gasteiger partial charge in [0, 0.05) is 6.54 Å². The van der Waals surface area contributed by atoms with Crippen LogP contribution in [0.4, 0.5) is 0 Å². The zero-order chi connectivity index (χ0) is 12.9. The van der Waals surface area contributed by atoms with Gasteiger partial charge in [-0.25, -0.2) is 4.79 Å². The first-order chi connectivity index (χ1) is 7.95. The van der Waals surface area contributed by atoms with Gasteiger partial charge in [0.1, 0.15) is 7.14 Å². The Bertz CT molecular complexity index is 413. The molecule has 1 aromatic carbocycles. The molecule has 0 fully saturated rings. The van der Waals surface area contributed by atoms with Gasteiger partial charge in [0.15, 0.2) is 5.78 Å². The van der Waals surface area contributed by atoms with Crippen LogP contribution in [0.15, 0.2) is 30.3 Å². The molecule has 1 aromatic rings. The van der Waals surface area contributed by atoms with Crippen LogP contribution in [-0.4, -0.2) is 32.2 Å². The molecule has 94 valence electrons. The topological polar surface area (TPSA) is 55.4 Å². The number of hydrogen-bond donors (Lipinski definition) is 1. The number of benzene rings is 1. The molecule has 17 heavy (non-hydrogen) atoms. The lowest BCUT2D eigenvalue weighted by Gasteiger charge is -2.20. The van der Waals surface area contributed by atoms with Crippen LogP contribution in [0.5, 0.6) is 0 Å². The second kappa shape index (κ2) is 5.99. The Hall–Kier alpha value is -1.12. The van der Waals surface area contributed by atoms with E-state index in [-0.39, 0.29) is 0 Å². The number of esters is 1. The number of rotatable bonds is 5. The molecule has 5 heteroatoms. The lowest BCUT2D eigenvalue weighted by molar-refractivity contribution is -0.140. The van der Waals surface area contributed by atoms with Crippen LogP contribution in [0.25, 0.3) is 0 Å². The average molecular weight is 255 g/mol. The van der Waals surface area contributed by atoms with Crippen molar-refractivity contribution in [1.29, 1.82) is 0 Å². The van der Waals surface area contributed by atoms with Gasteiger partial charge in [0.2, 0.25) is 0 Å². The summed E-state index contributed by atoms with van der Waals surface area (Å²) in [6.45, 7) is 3.64. The third kappa shape index (κ3) is 4.33.